The van der Waals surface area contributed by atoms with E-state index in [1.807, 2.05) is 59.3 Å². The van der Waals surface area contributed by atoms with Crippen molar-refractivity contribution in [3.8, 4) is 5.69 Å². The lowest BCUT2D eigenvalue weighted by Gasteiger charge is -2.08. The number of anilines is 1. The molecule has 26 heavy (non-hydrogen) atoms. The van der Waals surface area contributed by atoms with Gasteiger partial charge in [0.25, 0.3) is 0 Å². The average molecular weight is 364 g/mol. The third kappa shape index (κ3) is 4.34. The predicted molar refractivity (Wildman–Crippen MR) is 106 cm³/mol. The largest absolute Gasteiger partial charge is 0.478 e. The van der Waals surface area contributed by atoms with E-state index in [9.17, 15) is 4.79 Å². The fourth-order valence-electron chi connectivity index (χ4n) is 2.36. The van der Waals surface area contributed by atoms with Gasteiger partial charge in [-0.05, 0) is 54.7 Å². The molecule has 3 N–H and O–H groups in total. The first-order valence-electron chi connectivity index (χ1n) is 7.80. The van der Waals surface area contributed by atoms with Crippen LogP contribution in [0, 0.1) is 0 Å². The van der Waals surface area contributed by atoms with Gasteiger partial charge in [0.15, 0.2) is 5.11 Å². The lowest BCUT2D eigenvalue weighted by Crippen LogP contribution is -2.23. The van der Waals surface area contributed by atoms with E-state index in [2.05, 4.69) is 15.8 Å². The highest BCUT2D eigenvalue weighted by Crippen LogP contribution is 2.14. The maximum Gasteiger partial charge on any atom is 0.335 e. The number of aromatic carboxylic acids is 1. The van der Waals surface area contributed by atoms with Crippen molar-refractivity contribution in [2.75, 3.05) is 5.32 Å². The number of para-hydroxylation sites is 1. The molecule has 6 nitrogen and oxygen atoms in total. The minimum atomic E-state index is -0.965. The van der Waals surface area contributed by atoms with Crippen LogP contribution in [0.15, 0.2) is 78.0 Å². The van der Waals surface area contributed by atoms with Crippen LogP contribution in [0.4, 0.5) is 5.69 Å². The topological polar surface area (TPSA) is 78.6 Å². The molecule has 0 atom stereocenters. The Balaban J connectivity index is 1.69. The number of carboxylic acid groups (broad SMARTS) is 1. The molecule has 0 aliphatic carbocycles. The molecule has 0 bridgehead atoms. The number of nitrogens with zero attached hydrogens (tertiary/aromatic N) is 2. The molecule has 0 radical (unpaired) electrons. The maximum absolute atomic E-state index is 11.1. The number of hydrogen-bond acceptors (Lipinski definition) is 3. The summed E-state index contributed by atoms with van der Waals surface area (Å²) in [5.74, 6) is -0.965. The molecule has 0 fully saturated rings. The summed E-state index contributed by atoms with van der Waals surface area (Å²) in [6, 6.07) is 20.0. The van der Waals surface area contributed by atoms with Crippen LogP contribution in [-0.2, 0) is 0 Å². The summed E-state index contributed by atoms with van der Waals surface area (Å²) in [6.45, 7) is 0. The number of aromatic nitrogens is 1. The van der Waals surface area contributed by atoms with Crippen LogP contribution < -0.4 is 10.7 Å². The number of benzene rings is 2. The fraction of sp³-hybridized carbons (Fsp3) is 0. The van der Waals surface area contributed by atoms with Gasteiger partial charge in [-0.15, -0.1) is 0 Å². The second-order valence-corrected chi connectivity index (χ2v) is 5.76. The van der Waals surface area contributed by atoms with Gasteiger partial charge >= 0.3 is 5.97 Å². The van der Waals surface area contributed by atoms with E-state index in [0.717, 1.165) is 17.1 Å². The molecule has 3 rings (SSSR count). The van der Waals surface area contributed by atoms with E-state index in [1.165, 1.54) is 0 Å². The number of thiocarbonyl (C=S) groups is 1. The monoisotopic (exact) mass is 364 g/mol. The van der Waals surface area contributed by atoms with Gasteiger partial charge in [-0.1, -0.05) is 24.3 Å². The third-order valence-corrected chi connectivity index (χ3v) is 3.74. The molecule has 0 amide bonds. The van der Waals surface area contributed by atoms with Gasteiger partial charge in [0, 0.05) is 17.6 Å². The summed E-state index contributed by atoms with van der Waals surface area (Å²) < 4.78 is 1.84. The minimum Gasteiger partial charge on any atom is -0.478 e. The Morgan fingerprint density at radius 2 is 1.88 bits per heavy atom. The van der Waals surface area contributed by atoms with Gasteiger partial charge in [0.1, 0.15) is 0 Å². The normalized spacial score (nSPS) is 10.6. The molecular weight excluding hydrogens is 348 g/mol. The Morgan fingerprint density at radius 3 is 2.65 bits per heavy atom. The Morgan fingerprint density at radius 1 is 1.08 bits per heavy atom. The van der Waals surface area contributed by atoms with Gasteiger partial charge in [0.2, 0.25) is 0 Å². The maximum atomic E-state index is 11.1. The molecule has 2 aromatic carbocycles. The van der Waals surface area contributed by atoms with Crippen molar-refractivity contribution in [3.63, 3.8) is 0 Å². The van der Waals surface area contributed by atoms with Crippen molar-refractivity contribution in [1.29, 1.82) is 0 Å². The lowest BCUT2D eigenvalue weighted by molar-refractivity contribution is 0.0697. The van der Waals surface area contributed by atoms with Gasteiger partial charge < -0.3 is 15.0 Å². The molecule has 0 saturated heterocycles. The number of carbonyl (C=O) groups is 1. The first kappa shape index (κ1) is 17.4. The highest BCUT2D eigenvalue weighted by molar-refractivity contribution is 7.80. The number of hydrogen-bond donors (Lipinski definition) is 3. The molecular formula is C19H16N4O2S. The van der Waals surface area contributed by atoms with E-state index < -0.39 is 5.97 Å². The van der Waals surface area contributed by atoms with Crippen molar-refractivity contribution in [2.45, 2.75) is 0 Å². The summed E-state index contributed by atoms with van der Waals surface area (Å²) >= 11 is 5.19. The number of carboxylic acids is 1. The van der Waals surface area contributed by atoms with Crippen LogP contribution in [0.5, 0.6) is 0 Å². The SMILES string of the molecule is O=C(O)c1cccc(-n2cccc2/C=N/NC(=S)Nc2ccccc2)c1. The van der Waals surface area contributed by atoms with Crippen LogP contribution >= 0.6 is 12.2 Å². The van der Waals surface area contributed by atoms with Gasteiger partial charge in [-0.2, -0.15) is 5.10 Å². The van der Waals surface area contributed by atoms with Crippen molar-refractivity contribution < 1.29 is 9.90 Å². The summed E-state index contributed by atoms with van der Waals surface area (Å²) in [5, 5.41) is 16.7. The quantitative estimate of drug-likeness (QED) is 0.367. The van der Waals surface area contributed by atoms with E-state index in [4.69, 9.17) is 17.3 Å². The summed E-state index contributed by atoms with van der Waals surface area (Å²) in [5.41, 5.74) is 5.37. The molecule has 0 saturated carbocycles. The molecule has 3 aromatic rings. The van der Waals surface area contributed by atoms with Gasteiger partial charge in [-0.25, -0.2) is 4.79 Å². The van der Waals surface area contributed by atoms with Crippen molar-refractivity contribution in [1.82, 2.24) is 9.99 Å². The van der Waals surface area contributed by atoms with E-state index in [0.29, 0.717) is 5.11 Å². The van der Waals surface area contributed by atoms with Crippen LogP contribution in [0.3, 0.4) is 0 Å². The zero-order valence-electron chi connectivity index (χ0n) is 13.7. The zero-order valence-corrected chi connectivity index (χ0v) is 14.5. The molecule has 130 valence electrons. The van der Waals surface area contributed by atoms with Crippen LogP contribution in [0.1, 0.15) is 16.1 Å². The third-order valence-electron chi connectivity index (χ3n) is 3.55. The number of rotatable bonds is 5. The average Bonchev–Trinajstić information content (AvgIpc) is 3.11. The molecule has 0 aliphatic heterocycles. The summed E-state index contributed by atoms with van der Waals surface area (Å²) in [4.78, 5) is 11.1. The van der Waals surface area contributed by atoms with Gasteiger partial charge in [0.05, 0.1) is 17.5 Å². The highest BCUT2D eigenvalue weighted by atomic mass is 32.1. The van der Waals surface area contributed by atoms with E-state index in [-0.39, 0.29) is 5.56 Å². The van der Waals surface area contributed by atoms with Crippen LogP contribution in [0.25, 0.3) is 5.69 Å². The first-order valence-corrected chi connectivity index (χ1v) is 8.20. The number of hydrazone groups is 1. The summed E-state index contributed by atoms with van der Waals surface area (Å²) in [7, 11) is 0. The fourth-order valence-corrected chi connectivity index (χ4v) is 2.53. The Kier molecular flexibility index (Phi) is 5.40. The smallest absolute Gasteiger partial charge is 0.335 e. The van der Waals surface area contributed by atoms with Crippen LogP contribution in [-0.4, -0.2) is 27.0 Å². The molecule has 0 unspecified atom stereocenters. The molecule has 7 heteroatoms. The van der Waals surface area contributed by atoms with Crippen molar-refractivity contribution >= 4 is 35.2 Å². The lowest BCUT2D eigenvalue weighted by atomic mass is 10.2. The number of nitrogens with one attached hydrogen (secondary N) is 2. The van der Waals surface area contributed by atoms with Crippen molar-refractivity contribution in [3.05, 3.63) is 84.2 Å². The first-order chi connectivity index (χ1) is 12.6. The Hall–Kier alpha value is -3.45. The molecule has 0 spiro atoms. The van der Waals surface area contributed by atoms with Crippen LogP contribution in [0.2, 0.25) is 0 Å². The van der Waals surface area contributed by atoms with E-state index in [1.54, 1.807) is 24.4 Å². The second kappa shape index (κ2) is 8.09. The van der Waals surface area contributed by atoms with Crippen molar-refractivity contribution in [2.24, 2.45) is 5.10 Å². The molecule has 1 aromatic heterocycles. The second-order valence-electron chi connectivity index (χ2n) is 5.35. The Labute approximate surface area is 155 Å². The highest BCUT2D eigenvalue weighted by Gasteiger charge is 2.06. The minimum absolute atomic E-state index is 0.227. The molecule has 1 heterocycles. The predicted octanol–water partition coefficient (Wildman–Crippen LogP) is 3.50. The van der Waals surface area contributed by atoms with Gasteiger partial charge in [-0.3, -0.25) is 5.43 Å². The standard InChI is InChI=1S/C19H16N4O2S/c24-18(25)14-6-4-9-16(12-14)23-11-5-10-17(23)13-20-22-19(26)21-15-7-2-1-3-8-15/h1-13H,(H,24,25)(H2,21,22,26)/b20-13+. The molecule has 0 aliphatic rings. The zero-order chi connectivity index (χ0) is 18.4. The summed E-state index contributed by atoms with van der Waals surface area (Å²) in [6.07, 6.45) is 3.45. The Bertz CT molecular complexity index is 951. The van der Waals surface area contributed by atoms with E-state index >= 15 is 0 Å².